The normalized spacial score (nSPS) is 16.5. The number of alkyl halides is 3. The fourth-order valence-electron chi connectivity index (χ4n) is 4.61. The Bertz CT molecular complexity index is 1430. The van der Waals surface area contributed by atoms with Crippen LogP contribution in [0.1, 0.15) is 18.4 Å². The number of nitrogens with zero attached hydrogens (tertiary/aromatic N) is 3. The van der Waals surface area contributed by atoms with Gasteiger partial charge < -0.3 is 9.88 Å². The first kappa shape index (κ1) is 23.5. The summed E-state index contributed by atoms with van der Waals surface area (Å²) in [5, 5.41) is 8.41. The maximum Gasteiger partial charge on any atom is 0.406 e. The number of hydrogen-bond acceptors (Lipinski definition) is 4. The van der Waals surface area contributed by atoms with Crippen LogP contribution in [0.5, 0.6) is 0 Å². The fraction of sp³-hybridized carbons (Fsp3) is 0.320. The van der Waals surface area contributed by atoms with Crippen LogP contribution in [-0.2, 0) is 22.9 Å². The molecule has 0 atom stereocenters. The number of rotatable bonds is 6. The zero-order chi connectivity index (χ0) is 24.6. The smallest absolute Gasteiger partial charge is 0.382 e. The van der Waals surface area contributed by atoms with Gasteiger partial charge in [-0.25, -0.2) is 8.42 Å². The third-order valence-corrected chi connectivity index (χ3v) is 8.03. The topological polar surface area (TPSA) is 68.9 Å². The molecule has 1 fully saturated rings. The minimum absolute atomic E-state index is 0.0489. The average molecular weight is 503 g/mol. The summed E-state index contributed by atoms with van der Waals surface area (Å²) in [5.74, 6) is 0.225. The van der Waals surface area contributed by atoms with E-state index >= 15 is 0 Å². The van der Waals surface area contributed by atoms with Crippen LogP contribution in [-0.4, -0.2) is 46.5 Å². The molecule has 6 nitrogen and oxygen atoms in total. The molecule has 1 aliphatic heterocycles. The molecule has 0 aliphatic carbocycles. The lowest BCUT2D eigenvalue weighted by atomic mass is 10.1. The number of fused-ring (bicyclic) bond motifs is 1. The van der Waals surface area contributed by atoms with Gasteiger partial charge in [0.15, 0.2) is 0 Å². The molecule has 0 spiro atoms. The van der Waals surface area contributed by atoms with Crippen molar-refractivity contribution in [2.24, 2.45) is 0 Å². The van der Waals surface area contributed by atoms with Crippen molar-refractivity contribution in [1.82, 2.24) is 14.3 Å². The number of sulfone groups is 1. The average Bonchev–Trinajstić information content (AvgIpc) is 3.40. The number of hydrogen-bond donors (Lipinski definition) is 1. The Morgan fingerprint density at radius 2 is 1.77 bits per heavy atom. The third-order valence-electron chi connectivity index (χ3n) is 6.31. The molecule has 3 heterocycles. The summed E-state index contributed by atoms with van der Waals surface area (Å²) in [7, 11) is -3.01. The molecule has 1 aliphatic rings. The second kappa shape index (κ2) is 9.07. The van der Waals surface area contributed by atoms with Crippen LogP contribution in [0.25, 0.3) is 22.2 Å². The minimum Gasteiger partial charge on any atom is -0.382 e. The molecule has 0 saturated carbocycles. The number of benzene rings is 2. The van der Waals surface area contributed by atoms with E-state index in [1.807, 2.05) is 36.4 Å². The lowest BCUT2D eigenvalue weighted by Gasteiger charge is -2.24. The van der Waals surface area contributed by atoms with E-state index in [1.54, 1.807) is 35.3 Å². The highest BCUT2D eigenvalue weighted by Gasteiger charge is 2.31. The Hall–Kier alpha value is -3.27. The van der Waals surface area contributed by atoms with Crippen LogP contribution in [0.3, 0.4) is 0 Å². The van der Waals surface area contributed by atoms with E-state index in [-0.39, 0.29) is 17.5 Å². The Morgan fingerprint density at radius 1 is 1.03 bits per heavy atom. The number of halogens is 3. The van der Waals surface area contributed by atoms with Crippen LogP contribution >= 0.6 is 0 Å². The molecule has 0 bridgehead atoms. The second-order valence-corrected chi connectivity index (χ2v) is 11.3. The van der Waals surface area contributed by atoms with E-state index in [4.69, 9.17) is 0 Å². The standard InChI is InChI=1S/C25H25F3N4O2S/c26-25(27,28)17-32-23-8-4-7-22(30-20-9-11-35(33,34)12-10-20)21(23)13-24(32)19-14-29-31(16-19)15-18-5-2-1-3-6-18/h1-8,13-14,16,20,30H,9-12,15,17H2. The summed E-state index contributed by atoms with van der Waals surface area (Å²) < 4.78 is 67.2. The summed E-state index contributed by atoms with van der Waals surface area (Å²) in [5.41, 5.74) is 3.22. The van der Waals surface area contributed by atoms with E-state index in [1.165, 1.54) is 4.57 Å². The van der Waals surface area contributed by atoms with Crippen molar-refractivity contribution >= 4 is 26.4 Å². The first-order valence-corrected chi connectivity index (χ1v) is 13.2. The number of nitrogens with one attached hydrogen (secondary N) is 1. The Labute approximate surface area is 201 Å². The summed E-state index contributed by atoms with van der Waals surface area (Å²) in [6.45, 7) is -0.613. The van der Waals surface area contributed by atoms with Gasteiger partial charge in [-0.3, -0.25) is 4.68 Å². The van der Waals surface area contributed by atoms with Crippen LogP contribution in [0.2, 0.25) is 0 Å². The predicted octanol–water partition coefficient (Wildman–Crippen LogP) is 5.10. The molecular weight excluding hydrogens is 477 g/mol. The van der Waals surface area contributed by atoms with Crippen molar-refractivity contribution in [3.05, 3.63) is 72.6 Å². The van der Waals surface area contributed by atoms with E-state index in [9.17, 15) is 21.6 Å². The molecule has 184 valence electrons. The monoisotopic (exact) mass is 502 g/mol. The summed E-state index contributed by atoms with van der Waals surface area (Å²) in [6, 6.07) is 16.6. The molecule has 10 heteroatoms. The van der Waals surface area contributed by atoms with Crippen molar-refractivity contribution in [2.75, 3.05) is 16.8 Å². The van der Waals surface area contributed by atoms with Gasteiger partial charge in [0.25, 0.3) is 0 Å². The first-order valence-electron chi connectivity index (χ1n) is 11.4. The molecule has 0 radical (unpaired) electrons. The van der Waals surface area contributed by atoms with Gasteiger partial charge in [0.2, 0.25) is 0 Å². The second-order valence-electron chi connectivity index (χ2n) is 8.95. The zero-order valence-corrected chi connectivity index (χ0v) is 19.7. The van der Waals surface area contributed by atoms with E-state index in [0.717, 1.165) is 5.56 Å². The molecule has 1 N–H and O–H groups in total. The van der Waals surface area contributed by atoms with Gasteiger partial charge in [-0.15, -0.1) is 0 Å². The van der Waals surface area contributed by atoms with Gasteiger partial charge in [-0.1, -0.05) is 36.4 Å². The van der Waals surface area contributed by atoms with Crippen molar-refractivity contribution < 1.29 is 21.6 Å². The van der Waals surface area contributed by atoms with Gasteiger partial charge in [-0.2, -0.15) is 18.3 Å². The molecule has 2 aromatic carbocycles. The van der Waals surface area contributed by atoms with Crippen LogP contribution in [0.4, 0.5) is 18.9 Å². The SMILES string of the molecule is O=S1(=O)CCC(Nc2cccc3c2cc(-c2cnn(Cc4ccccc4)c2)n3CC(F)(F)F)CC1. The first-order chi connectivity index (χ1) is 16.7. The van der Waals surface area contributed by atoms with Gasteiger partial charge in [-0.05, 0) is 36.6 Å². The quantitative estimate of drug-likeness (QED) is 0.398. The van der Waals surface area contributed by atoms with Crippen molar-refractivity contribution in [2.45, 2.75) is 38.1 Å². The fourth-order valence-corrected chi connectivity index (χ4v) is 6.10. The Balaban J connectivity index is 1.51. The minimum atomic E-state index is -4.40. The molecule has 2 aromatic heterocycles. The van der Waals surface area contributed by atoms with Crippen LogP contribution < -0.4 is 5.32 Å². The Kier molecular flexibility index (Phi) is 6.08. The molecule has 35 heavy (non-hydrogen) atoms. The van der Waals surface area contributed by atoms with E-state index in [0.29, 0.717) is 47.2 Å². The van der Waals surface area contributed by atoms with Crippen LogP contribution in [0.15, 0.2) is 67.0 Å². The predicted molar refractivity (Wildman–Crippen MR) is 130 cm³/mol. The molecular formula is C25H25F3N4O2S. The number of anilines is 1. The highest BCUT2D eigenvalue weighted by atomic mass is 32.2. The van der Waals surface area contributed by atoms with Crippen molar-refractivity contribution in [3.63, 3.8) is 0 Å². The van der Waals surface area contributed by atoms with E-state index in [2.05, 4.69) is 10.4 Å². The third kappa shape index (κ3) is 5.37. The van der Waals surface area contributed by atoms with Crippen molar-refractivity contribution in [3.8, 4) is 11.3 Å². The summed E-state index contributed by atoms with van der Waals surface area (Å²) in [6.07, 6.45) is -0.111. The zero-order valence-electron chi connectivity index (χ0n) is 18.9. The van der Waals surface area contributed by atoms with Gasteiger partial charge in [0.1, 0.15) is 16.4 Å². The molecule has 4 aromatic rings. The maximum atomic E-state index is 13.6. The van der Waals surface area contributed by atoms with Gasteiger partial charge in [0, 0.05) is 28.9 Å². The maximum absolute atomic E-state index is 13.6. The van der Waals surface area contributed by atoms with E-state index < -0.39 is 22.6 Å². The molecule has 0 amide bonds. The van der Waals surface area contributed by atoms with Gasteiger partial charge in [0.05, 0.1) is 35.5 Å². The number of aromatic nitrogens is 3. The Morgan fingerprint density at radius 3 is 2.49 bits per heavy atom. The van der Waals surface area contributed by atoms with Crippen molar-refractivity contribution in [1.29, 1.82) is 0 Å². The molecule has 1 saturated heterocycles. The van der Waals surface area contributed by atoms with Gasteiger partial charge >= 0.3 is 6.18 Å². The largest absolute Gasteiger partial charge is 0.406 e. The lowest BCUT2D eigenvalue weighted by Crippen LogP contribution is -2.32. The molecule has 0 unspecified atom stereocenters. The van der Waals surface area contributed by atoms with Crippen LogP contribution in [0, 0.1) is 0 Å². The molecule has 5 rings (SSSR count). The summed E-state index contributed by atoms with van der Waals surface area (Å²) >= 11 is 0. The highest BCUT2D eigenvalue weighted by Crippen LogP contribution is 2.35. The highest BCUT2D eigenvalue weighted by molar-refractivity contribution is 7.91. The summed E-state index contributed by atoms with van der Waals surface area (Å²) in [4.78, 5) is 0. The lowest BCUT2D eigenvalue weighted by molar-refractivity contribution is -0.139.